The van der Waals surface area contributed by atoms with Crippen molar-refractivity contribution in [1.82, 2.24) is 4.90 Å². The summed E-state index contributed by atoms with van der Waals surface area (Å²) in [7, 11) is 0. The van der Waals surface area contributed by atoms with Crippen molar-refractivity contribution in [3.63, 3.8) is 0 Å². The van der Waals surface area contributed by atoms with E-state index in [1.54, 1.807) is 40.9 Å². The van der Waals surface area contributed by atoms with Gasteiger partial charge in [-0.2, -0.15) is 5.26 Å². The Hall–Kier alpha value is -1.38. The van der Waals surface area contributed by atoms with Gasteiger partial charge in [-0.25, -0.2) is 4.79 Å². The van der Waals surface area contributed by atoms with Crippen molar-refractivity contribution in [2.24, 2.45) is 0 Å². The maximum Gasteiger partial charge on any atom is 0.324 e. The summed E-state index contributed by atoms with van der Waals surface area (Å²) >= 11 is 7.48. The Balaban J connectivity index is 2.17. The van der Waals surface area contributed by atoms with Crippen LogP contribution in [0.5, 0.6) is 0 Å². The summed E-state index contributed by atoms with van der Waals surface area (Å²) in [6.07, 6.45) is 0. The molecule has 1 aliphatic heterocycles. The zero-order chi connectivity index (χ0) is 14.0. The summed E-state index contributed by atoms with van der Waals surface area (Å²) in [5, 5.41) is 12.5. The fraction of sp³-hybridized carbons (Fsp3) is 0.385. The lowest BCUT2D eigenvalue weighted by Gasteiger charge is -2.32. The maximum atomic E-state index is 12.3. The standard InChI is InChI=1S/C13H14ClN3OS/c1-13(2)17(11(7-15)8-19-13)12(18)16-10-5-3-4-9(14)6-10/h3-6,11H,8H2,1-2H3,(H,16,18). The molecule has 1 unspecified atom stereocenters. The Labute approximate surface area is 121 Å². The lowest BCUT2D eigenvalue weighted by atomic mass is 10.2. The molecular weight excluding hydrogens is 282 g/mol. The topological polar surface area (TPSA) is 56.1 Å². The Morgan fingerprint density at radius 2 is 2.37 bits per heavy atom. The van der Waals surface area contributed by atoms with Crippen molar-refractivity contribution < 1.29 is 4.79 Å². The number of nitrogens with zero attached hydrogens (tertiary/aromatic N) is 2. The Kier molecular flexibility index (Phi) is 3.93. The molecule has 6 heteroatoms. The molecule has 0 aliphatic carbocycles. The first kappa shape index (κ1) is 14.0. The van der Waals surface area contributed by atoms with Crippen molar-refractivity contribution in [3.05, 3.63) is 29.3 Å². The predicted octanol–water partition coefficient (Wildman–Crippen LogP) is 3.55. The number of rotatable bonds is 1. The summed E-state index contributed by atoms with van der Waals surface area (Å²) in [4.78, 5) is 13.5. The summed E-state index contributed by atoms with van der Waals surface area (Å²) in [5.74, 6) is 0.631. The molecule has 0 spiro atoms. The Bertz CT molecular complexity index is 541. The summed E-state index contributed by atoms with van der Waals surface area (Å²) in [6.45, 7) is 3.87. The van der Waals surface area contributed by atoms with E-state index >= 15 is 0 Å². The van der Waals surface area contributed by atoms with Crippen LogP contribution in [-0.2, 0) is 0 Å². The van der Waals surface area contributed by atoms with Crippen LogP contribution in [0.2, 0.25) is 5.02 Å². The molecule has 1 saturated heterocycles. The van der Waals surface area contributed by atoms with Crippen LogP contribution in [-0.4, -0.2) is 27.6 Å². The van der Waals surface area contributed by atoms with E-state index in [1.165, 1.54) is 0 Å². The van der Waals surface area contributed by atoms with Crippen LogP contribution in [0.4, 0.5) is 10.5 Å². The normalized spacial score (nSPS) is 20.9. The van der Waals surface area contributed by atoms with Crippen molar-refractivity contribution in [2.45, 2.75) is 24.8 Å². The van der Waals surface area contributed by atoms with Gasteiger partial charge >= 0.3 is 6.03 Å². The third-order valence-corrected chi connectivity index (χ3v) is 4.55. The molecule has 0 aromatic heterocycles. The number of benzene rings is 1. The summed E-state index contributed by atoms with van der Waals surface area (Å²) in [6, 6.07) is 8.44. The third-order valence-electron chi connectivity index (χ3n) is 2.93. The van der Waals surface area contributed by atoms with Crippen LogP contribution in [0.3, 0.4) is 0 Å². The van der Waals surface area contributed by atoms with Gasteiger partial charge in [-0.05, 0) is 32.0 Å². The van der Waals surface area contributed by atoms with Gasteiger partial charge in [0.1, 0.15) is 6.04 Å². The molecular formula is C13H14ClN3OS. The summed E-state index contributed by atoms with van der Waals surface area (Å²) in [5.41, 5.74) is 0.627. The SMILES string of the molecule is CC1(C)SCC(C#N)N1C(=O)Nc1cccc(Cl)c1. The van der Waals surface area contributed by atoms with E-state index in [2.05, 4.69) is 11.4 Å². The van der Waals surface area contributed by atoms with Crippen LogP contribution in [0.1, 0.15) is 13.8 Å². The van der Waals surface area contributed by atoms with Crippen molar-refractivity contribution >= 4 is 35.1 Å². The highest BCUT2D eigenvalue weighted by Gasteiger charge is 2.43. The smallest absolute Gasteiger partial charge is 0.308 e. The van der Waals surface area contributed by atoms with E-state index in [0.717, 1.165) is 0 Å². The molecule has 1 aliphatic rings. The van der Waals surface area contributed by atoms with E-state index in [9.17, 15) is 4.79 Å². The number of carbonyl (C=O) groups is 1. The van der Waals surface area contributed by atoms with Gasteiger partial charge in [0, 0.05) is 16.5 Å². The number of thioether (sulfide) groups is 1. The average molecular weight is 296 g/mol. The van der Waals surface area contributed by atoms with Gasteiger partial charge in [0.2, 0.25) is 0 Å². The van der Waals surface area contributed by atoms with Crippen molar-refractivity contribution in [2.75, 3.05) is 11.1 Å². The highest BCUT2D eigenvalue weighted by molar-refractivity contribution is 8.00. The van der Waals surface area contributed by atoms with Gasteiger partial charge in [-0.15, -0.1) is 11.8 Å². The van der Waals surface area contributed by atoms with Crippen molar-refractivity contribution in [3.8, 4) is 6.07 Å². The molecule has 2 rings (SSSR count). The largest absolute Gasteiger partial charge is 0.324 e. The molecule has 2 amide bonds. The fourth-order valence-electron chi connectivity index (χ4n) is 2.03. The minimum absolute atomic E-state index is 0.274. The minimum atomic E-state index is -0.404. The monoisotopic (exact) mass is 295 g/mol. The number of nitrogens with one attached hydrogen (secondary N) is 1. The number of nitriles is 1. The first-order valence-corrected chi connectivity index (χ1v) is 7.20. The molecule has 100 valence electrons. The number of urea groups is 1. The molecule has 1 N–H and O–H groups in total. The van der Waals surface area contributed by atoms with Crippen LogP contribution in [0, 0.1) is 11.3 Å². The average Bonchev–Trinajstić information content (AvgIpc) is 2.64. The maximum absolute atomic E-state index is 12.3. The predicted molar refractivity (Wildman–Crippen MR) is 78.2 cm³/mol. The second kappa shape index (κ2) is 5.32. The Morgan fingerprint density at radius 3 is 3.00 bits per heavy atom. The Morgan fingerprint density at radius 1 is 1.63 bits per heavy atom. The molecule has 1 atom stereocenters. The van der Waals surface area contributed by atoms with Crippen LogP contribution in [0.25, 0.3) is 0 Å². The summed E-state index contributed by atoms with van der Waals surface area (Å²) < 4.78 is 0. The van der Waals surface area contributed by atoms with Gasteiger partial charge < -0.3 is 5.32 Å². The van der Waals surface area contributed by atoms with Gasteiger partial charge in [0.05, 0.1) is 10.9 Å². The minimum Gasteiger partial charge on any atom is -0.308 e. The number of hydrogen-bond acceptors (Lipinski definition) is 3. The van der Waals surface area contributed by atoms with Crippen LogP contribution < -0.4 is 5.32 Å². The van der Waals surface area contributed by atoms with Gasteiger partial charge in [-0.1, -0.05) is 17.7 Å². The number of hydrogen-bond donors (Lipinski definition) is 1. The zero-order valence-electron chi connectivity index (χ0n) is 10.7. The van der Waals surface area contributed by atoms with E-state index in [-0.39, 0.29) is 10.9 Å². The molecule has 19 heavy (non-hydrogen) atoms. The molecule has 1 heterocycles. The molecule has 0 bridgehead atoms. The third kappa shape index (κ3) is 2.96. The molecule has 1 aromatic carbocycles. The van der Waals surface area contributed by atoms with Gasteiger partial charge in [-0.3, -0.25) is 4.90 Å². The van der Waals surface area contributed by atoms with Crippen molar-refractivity contribution in [1.29, 1.82) is 5.26 Å². The number of amides is 2. The fourth-order valence-corrected chi connectivity index (χ4v) is 3.36. The highest BCUT2D eigenvalue weighted by Crippen LogP contribution is 2.38. The molecule has 0 radical (unpaired) electrons. The van der Waals surface area contributed by atoms with E-state index < -0.39 is 6.04 Å². The van der Waals surface area contributed by atoms with E-state index in [4.69, 9.17) is 16.9 Å². The van der Waals surface area contributed by atoms with E-state index in [0.29, 0.717) is 16.5 Å². The first-order chi connectivity index (χ1) is 8.94. The lowest BCUT2D eigenvalue weighted by Crippen LogP contribution is -2.48. The second-order valence-corrected chi connectivity index (χ2v) is 6.77. The number of anilines is 1. The number of halogens is 1. The highest BCUT2D eigenvalue weighted by atomic mass is 35.5. The van der Waals surface area contributed by atoms with E-state index in [1.807, 2.05) is 13.8 Å². The first-order valence-electron chi connectivity index (χ1n) is 5.83. The van der Waals surface area contributed by atoms with Crippen LogP contribution >= 0.6 is 23.4 Å². The van der Waals surface area contributed by atoms with Gasteiger partial charge in [0.25, 0.3) is 0 Å². The molecule has 1 aromatic rings. The van der Waals surface area contributed by atoms with Gasteiger partial charge in [0.15, 0.2) is 0 Å². The zero-order valence-corrected chi connectivity index (χ0v) is 12.3. The molecule has 1 fully saturated rings. The van der Waals surface area contributed by atoms with Crippen LogP contribution in [0.15, 0.2) is 24.3 Å². The second-order valence-electron chi connectivity index (χ2n) is 4.71. The lowest BCUT2D eigenvalue weighted by molar-refractivity contribution is 0.185. The quantitative estimate of drug-likeness (QED) is 0.862. The molecule has 0 saturated carbocycles. The molecule has 4 nitrogen and oxygen atoms in total. The number of carbonyl (C=O) groups excluding carboxylic acids is 1.